The van der Waals surface area contributed by atoms with Gasteiger partial charge in [0.05, 0.1) is 17.7 Å². The third kappa shape index (κ3) is 2.53. The quantitative estimate of drug-likeness (QED) is 0.513. The molecule has 0 aliphatic rings. The van der Waals surface area contributed by atoms with Crippen molar-refractivity contribution in [3.63, 3.8) is 0 Å². The van der Waals surface area contributed by atoms with Gasteiger partial charge in [-0.05, 0) is 24.3 Å². The predicted molar refractivity (Wildman–Crippen MR) is 96.1 cm³/mol. The topological polar surface area (TPSA) is 52.3 Å². The van der Waals surface area contributed by atoms with Crippen molar-refractivity contribution >= 4 is 39.5 Å². The number of nitrogens with zero attached hydrogens (tertiary/aromatic N) is 4. The Bertz CT molecular complexity index is 1040. The molecule has 0 aliphatic carbocycles. The van der Waals surface area contributed by atoms with Gasteiger partial charge in [0.2, 0.25) is 4.96 Å². The van der Waals surface area contributed by atoms with Crippen LogP contribution in [0.25, 0.3) is 26.9 Å². The van der Waals surface area contributed by atoms with E-state index in [4.69, 9.17) is 27.9 Å². The Labute approximate surface area is 151 Å². The van der Waals surface area contributed by atoms with Crippen LogP contribution in [0.3, 0.4) is 0 Å². The second kappa shape index (κ2) is 6.05. The summed E-state index contributed by atoms with van der Waals surface area (Å²) in [5.41, 5.74) is 1.59. The van der Waals surface area contributed by atoms with Gasteiger partial charge in [0.15, 0.2) is 5.82 Å². The van der Waals surface area contributed by atoms with Crippen LogP contribution in [0.5, 0.6) is 5.75 Å². The minimum atomic E-state index is 0.568. The molecular formula is C16H10Cl2N4OS. The lowest BCUT2D eigenvalue weighted by molar-refractivity contribution is 0.416. The maximum atomic E-state index is 6.26. The summed E-state index contributed by atoms with van der Waals surface area (Å²) in [6.07, 6.45) is 0. The lowest BCUT2D eigenvalue weighted by atomic mass is 10.2. The molecule has 0 spiro atoms. The maximum Gasteiger partial charge on any atom is 0.235 e. The Morgan fingerprint density at radius 3 is 2.67 bits per heavy atom. The largest absolute Gasteiger partial charge is 0.496 e. The summed E-state index contributed by atoms with van der Waals surface area (Å²) in [7, 11) is 1.60. The number of benzene rings is 2. The summed E-state index contributed by atoms with van der Waals surface area (Å²) in [5, 5.41) is 15.0. The third-order valence-electron chi connectivity index (χ3n) is 3.50. The summed E-state index contributed by atoms with van der Waals surface area (Å²) < 4.78 is 7.08. The SMILES string of the molecule is COc1ccc(Cl)cc1-c1nnc2sc(-c3ccccc3Cl)nn12. The van der Waals surface area contributed by atoms with E-state index in [0.717, 1.165) is 16.1 Å². The Kier molecular flexibility index (Phi) is 3.88. The van der Waals surface area contributed by atoms with E-state index in [0.29, 0.717) is 26.6 Å². The fourth-order valence-corrected chi connectivity index (χ4v) is 3.72. The van der Waals surface area contributed by atoms with E-state index in [-0.39, 0.29) is 0 Å². The Balaban J connectivity index is 1.90. The number of halogens is 2. The van der Waals surface area contributed by atoms with Crippen LogP contribution in [0.15, 0.2) is 42.5 Å². The van der Waals surface area contributed by atoms with Gasteiger partial charge < -0.3 is 4.74 Å². The average Bonchev–Trinajstić information content (AvgIpc) is 3.15. The highest BCUT2D eigenvalue weighted by molar-refractivity contribution is 7.19. The molecule has 0 N–H and O–H groups in total. The molecule has 0 aliphatic heterocycles. The van der Waals surface area contributed by atoms with Crippen molar-refractivity contribution in [1.82, 2.24) is 19.8 Å². The standard InChI is InChI=1S/C16H10Cl2N4OS/c1-23-13-7-6-9(17)8-11(13)14-19-20-16-22(14)21-15(24-16)10-4-2-3-5-12(10)18/h2-8H,1H3. The van der Waals surface area contributed by atoms with Gasteiger partial charge in [-0.3, -0.25) is 0 Å². The maximum absolute atomic E-state index is 6.26. The monoisotopic (exact) mass is 376 g/mol. The van der Waals surface area contributed by atoms with Crippen LogP contribution in [-0.4, -0.2) is 26.9 Å². The number of rotatable bonds is 3. The van der Waals surface area contributed by atoms with E-state index in [2.05, 4.69) is 15.3 Å². The Morgan fingerprint density at radius 1 is 1.04 bits per heavy atom. The highest BCUT2D eigenvalue weighted by Gasteiger charge is 2.18. The fraction of sp³-hybridized carbons (Fsp3) is 0.0625. The van der Waals surface area contributed by atoms with Crippen LogP contribution in [-0.2, 0) is 0 Å². The zero-order valence-corrected chi connectivity index (χ0v) is 14.7. The minimum absolute atomic E-state index is 0.568. The summed E-state index contributed by atoms with van der Waals surface area (Å²) >= 11 is 13.8. The lowest BCUT2D eigenvalue weighted by Gasteiger charge is -2.06. The van der Waals surface area contributed by atoms with Gasteiger partial charge in [-0.15, -0.1) is 10.2 Å². The van der Waals surface area contributed by atoms with Crippen molar-refractivity contribution in [1.29, 1.82) is 0 Å². The third-order valence-corrected chi connectivity index (χ3v) is 4.99. The molecule has 4 rings (SSSR count). The van der Waals surface area contributed by atoms with Gasteiger partial charge in [0, 0.05) is 10.6 Å². The molecule has 24 heavy (non-hydrogen) atoms. The number of ether oxygens (including phenoxy) is 1. The summed E-state index contributed by atoms with van der Waals surface area (Å²) in [6.45, 7) is 0. The van der Waals surface area contributed by atoms with Crippen LogP contribution in [0.1, 0.15) is 0 Å². The molecular weight excluding hydrogens is 367 g/mol. The van der Waals surface area contributed by atoms with Crippen LogP contribution < -0.4 is 4.74 Å². The van der Waals surface area contributed by atoms with Gasteiger partial charge in [0.25, 0.3) is 0 Å². The van der Waals surface area contributed by atoms with Crippen molar-refractivity contribution in [3.8, 4) is 27.7 Å². The Morgan fingerprint density at radius 2 is 1.88 bits per heavy atom. The van der Waals surface area contributed by atoms with Gasteiger partial charge in [0.1, 0.15) is 10.8 Å². The second-order valence-corrected chi connectivity index (χ2v) is 6.75. The zero-order valence-electron chi connectivity index (χ0n) is 12.4. The minimum Gasteiger partial charge on any atom is -0.496 e. The molecule has 0 unspecified atom stereocenters. The molecule has 2 heterocycles. The molecule has 0 amide bonds. The average molecular weight is 377 g/mol. The Hall–Kier alpha value is -2.15. The van der Waals surface area contributed by atoms with Crippen molar-refractivity contribution in [3.05, 3.63) is 52.5 Å². The molecule has 120 valence electrons. The van der Waals surface area contributed by atoms with Crippen molar-refractivity contribution in [2.75, 3.05) is 7.11 Å². The molecule has 0 saturated heterocycles. The van der Waals surface area contributed by atoms with Gasteiger partial charge in [-0.2, -0.15) is 9.61 Å². The fourth-order valence-electron chi connectivity index (χ4n) is 2.38. The van der Waals surface area contributed by atoms with Crippen LogP contribution in [0, 0.1) is 0 Å². The van der Waals surface area contributed by atoms with Gasteiger partial charge in [-0.25, -0.2) is 0 Å². The number of methoxy groups -OCH3 is 1. The van der Waals surface area contributed by atoms with Crippen molar-refractivity contribution in [2.45, 2.75) is 0 Å². The first-order valence-corrected chi connectivity index (χ1v) is 8.55. The molecule has 2 aromatic carbocycles. The van der Waals surface area contributed by atoms with Crippen LogP contribution >= 0.6 is 34.5 Å². The summed E-state index contributed by atoms with van der Waals surface area (Å²) in [6, 6.07) is 12.9. The number of aromatic nitrogens is 4. The smallest absolute Gasteiger partial charge is 0.235 e. The number of hydrogen-bond donors (Lipinski definition) is 0. The van der Waals surface area contributed by atoms with Gasteiger partial charge >= 0.3 is 0 Å². The molecule has 8 heteroatoms. The molecule has 0 fully saturated rings. The first-order chi connectivity index (χ1) is 11.7. The van der Waals surface area contributed by atoms with E-state index in [1.54, 1.807) is 29.8 Å². The van der Waals surface area contributed by atoms with Crippen molar-refractivity contribution < 1.29 is 4.74 Å². The van der Waals surface area contributed by atoms with E-state index in [1.807, 2.05) is 24.3 Å². The normalized spacial score (nSPS) is 11.1. The number of hydrogen-bond acceptors (Lipinski definition) is 5. The molecule has 5 nitrogen and oxygen atoms in total. The summed E-state index contributed by atoms with van der Waals surface area (Å²) in [4.78, 5) is 0.668. The van der Waals surface area contributed by atoms with E-state index < -0.39 is 0 Å². The molecule has 0 saturated carbocycles. The second-order valence-electron chi connectivity index (χ2n) is 4.95. The first-order valence-electron chi connectivity index (χ1n) is 6.98. The van der Waals surface area contributed by atoms with E-state index in [1.165, 1.54) is 11.3 Å². The molecule has 0 radical (unpaired) electrons. The first kappa shape index (κ1) is 15.4. The highest BCUT2D eigenvalue weighted by atomic mass is 35.5. The summed E-state index contributed by atoms with van der Waals surface area (Å²) in [5.74, 6) is 1.22. The molecule has 2 aromatic heterocycles. The van der Waals surface area contributed by atoms with Crippen LogP contribution in [0.2, 0.25) is 10.0 Å². The number of fused-ring (bicyclic) bond motifs is 1. The van der Waals surface area contributed by atoms with E-state index in [9.17, 15) is 0 Å². The molecule has 0 bridgehead atoms. The molecule has 0 atom stereocenters. The lowest BCUT2D eigenvalue weighted by Crippen LogP contribution is -1.94. The zero-order chi connectivity index (χ0) is 16.7. The van der Waals surface area contributed by atoms with Gasteiger partial charge in [-0.1, -0.05) is 52.7 Å². The van der Waals surface area contributed by atoms with E-state index >= 15 is 0 Å². The molecule has 4 aromatic rings. The highest BCUT2D eigenvalue weighted by Crippen LogP contribution is 2.35. The van der Waals surface area contributed by atoms with Crippen LogP contribution in [0.4, 0.5) is 0 Å². The van der Waals surface area contributed by atoms with Crippen molar-refractivity contribution in [2.24, 2.45) is 0 Å². The predicted octanol–water partition coefficient (Wildman–Crippen LogP) is 4.84.